The SMILES string of the molecule is CCCC(N)c1nc(C(=O)Nc2ccc(N3CCOCC3)cc2)co1. The summed E-state index contributed by atoms with van der Waals surface area (Å²) in [4.78, 5) is 18.7. The van der Waals surface area contributed by atoms with E-state index in [0.717, 1.165) is 44.8 Å². The number of anilines is 2. The van der Waals surface area contributed by atoms with Gasteiger partial charge in [-0.1, -0.05) is 13.3 Å². The van der Waals surface area contributed by atoms with Gasteiger partial charge in [0, 0.05) is 24.5 Å². The molecule has 1 saturated heterocycles. The molecule has 1 aliphatic heterocycles. The molecule has 2 heterocycles. The summed E-state index contributed by atoms with van der Waals surface area (Å²) in [5.74, 6) is 0.0903. The number of amides is 1. The lowest BCUT2D eigenvalue weighted by molar-refractivity contribution is 0.102. The van der Waals surface area contributed by atoms with Crippen LogP contribution in [0.1, 0.15) is 42.2 Å². The number of benzene rings is 1. The van der Waals surface area contributed by atoms with E-state index >= 15 is 0 Å². The number of aromatic nitrogens is 1. The Hall–Kier alpha value is -2.38. The topological polar surface area (TPSA) is 93.6 Å². The Morgan fingerprint density at radius 2 is 2.04 bits per heavy atom. The van der Waals surface area contributed by atoms with Crippen LogP contribution in [0.25, 0.3) is 0 Å². The van der Waals surface area contributed by atoms with Gasteiger partial charge in [-0.15, -0.1) is 0 Å². The van der Waals surface area contributed by atoms with Crippen LogP contribution >= 0.6 is 0 Å². The Labute approximate surface area is 147 Å². The van der Waals surface area contributed by atoms with E-state index in [-0.39, 0.29) is 17.6 Å². The fourth-order valence-electron chi connectivity index (χ4n) is 2.77. The number of carbonyl (C=O) groups excluding carboxylic acids is 1. The molecule has 7 nitrogen and oxygen atoms in total. The molecule has 1 fully saturated rings. The van der Waals surface area contributed by atoms with Gasteiger partial charge in [-0.05, 0) is 30.7 Å². The second-order valence-corrected chi connectivity index (χ2v) is 6.07. The molecule has 134 valence electrons. The molecule has 1 amide bonds. The first-order valence-electron chi connectivity index (χ1n) is 8.62. The maximum Gasteiger partial charge on any atom is 0.277 e. The monoisotopic (exact) mass is 344 g/mol. The zero-order chi connectivity index (χ0) is 17.6. The van der Waals surface area contributed by atoms with Gasteiger partial charge in [0.15, 0.2) is 5.69 Å². The number of rotatable bonds is 6. The summed E-state index contributed by atoms with van der Waals surface area (Å²) in [5, 5.41) is 2.83. The van der Waals surface area contributed by atoms with Crippen LogP contribution in [0.4, 0.5) is 11.4 Å². The number of nitrogens with one attached hydrogen (secondary N) is 1. The summed E-state index contributed by atoms with van der Waals surface area (Å²) in [6, 6.07) is 7.47. The van der Waals surface area contributed by atoms with Crippen molar-refractivity contribution in [1.29, 1.82) is 0 Å². The number of morpholine rings is 1. The maximum atomic E-state index is 12.3. The number of nitrogens with zero attached hydrogens (tertiary/aromatic N) is 2. The Morgan fingerprint density at radius 3 is 2.72 bits per heavy atom. The number of ether oxygens (including phenoxy) is 1. The van der Waals surface area contributed by atoms with Gasteiger partial charge in [0.05, 0.1) is 19.3 Å². The highest BCUT2D eigenvalue weighted by atomic mass is 16.5. The summed E-state index contributed by atoms with van der Waals surface area (Å²) in [7, 11) is 0. The van der Waals surface area contributed by atoms with E-state index in [1.54, 1.807) is 0 Å². The molecule has 3 rings (SSSR count). The number of hydrogen-bond acceptors (Lipinski definition) is 6. The Morgan fingerprint density at radius 1 is 1.32 bits per heavy atom. The second kappa shape index (κ2) is 8.13. The van der Waals surface area contributed by atoms with E-state index < -0.39 is 0 Å². The van der Waals surface area contributed by atoms with E-state index in [1.807, 2.05) is 31.2 Å². The average Bonchev–Trinajstić information content (AvgIpc) is 3.14. The number of carbonyl (C=O) groups is 1. The first kappa shape index (κ1) is 17.4. The third kappa shape index (κ3) is 4.37. The molecule has 1 aliphatic rings. The molecule has 25 heavy (non-hydrogen) atoms. The second-order valence-electron chi connectivity index (χ2n) is 6.07. The third-order valence-electron chi connectivity index (χ3n) is 4.17. The van der Waals surface area contributed by atoms with E-state index in [2.05, 4.69) is 15.2 Å². The predicted octanol–water partition coefficient (Wildman–Crippen LogP) is 2.56. The van der Waals surface area contributed by atoms with Crippen LogP contribution in [-0.4, -0.2) is 37.2 Å². The first-order chi connectivity index (χ1) is 12.2. The van der Waals surface area contributed by atoms with Crippen LogP contribution in [0.2, 0.25) is 0 Å². The van der Waals surface area contributed by atoms with Crippen molar-refractivity contribution in [2.45, 2.75) is 25.8 Å². The number of nitrogens with two attached hydrogens (primary N) is 1. The molecular formula is C18H24N4O3. The summed E-state index contributed by atoms with van der Waals surface area (Å²) < 4.78 is 10.7. The molecule has 1 atom stereocenters. The van der Waals surface area contributed by atoms with Crippen LogP contribution in [0.3, 0.4) is 0 Å². The van der Waals surface area contributed by atoms with E-state index in [4.69, 9.17) is 14.9 Å². The molecule has 2 aromatic rings. The number of oxazole rings is 1. The molecule has 0 radical (unpaired) electrons. The van der Waals surface area contributed by atoms with Gasteiger partial charge in [-0.25, -0.2) is 4.98 Å². The zero-order valence-corrected chi connectivity index (χ0v) is 14.4. The normalized spacial score (nSPS) is 15.8. The first-order valence-corrected chi connectivity index (χ1v) is 8.62. The van der Waals surface area contributed by atoms with Gasteiger partial charge in [-0.3, -0.25) is 4.79 Å². The van der Waals surface area contributed by atoms with Crippen molar-refractivity contribution < 1.29 is 13.9 Å². The van der Waals surface area contributed by atoms with Gasteiger partial charge in [0.25, 0.3) is 5.91 Å². The molecule has 7 heteroatoms. The summed E-state index contributed by atoms with van der Waals surface area (Å²) >= 11 is 0. The van der Waals surface area contributed by atoms with E-state index in [1.165, 1.54) is 6.26 Å². The van der Waals surface area contributed by atoms with Crippen molar-refractivity contribution in [2.75, 3.05) is 36.5 Å². The van der Waals surface area contributed by atoms with Gasteiger partial charge >= 0.3 is 0 Å². The van der Waals surface area contributed by atoms with Gasteiger partial charge in [0.2, 0.25) is 5.89 Å². The van der Waals surface area contributed by atoms with Crippen LogP contribution < -0.4 is 16.0 Å². The average molecular weight is 344 g/mol. The van der Waals surface area contributed by atoms with Crippen LogP contribution in [0.15, 0.2) is 34.9 Å². The standard InChI is InChI=1S/C18H24N4O3/c1-2-3-15(19)18-21-16(12-25-18)17(23)20-13-4-6-14(7-5-13)22-8-10-24-11-9-22/h4-7,12,15H,2-3,8-11,19H2,1H3,(H,20,23). The Kier molecular flexibility index (Phi) is 5.67. The van der Waals surface area contributed by atoms with Gasteiger partial charge in [0.1, 0.15) is 6.26 Å². The largest absolute Gasteiger partial charge is 0.446 e. The highest BCUT2D eigenvalue weighted by Crippen LogP contribution is 2.20. The minimum Gasteiger partial charge on any atom is -0.446 e. The Bertz CT molecular complexity index is 693. The summed E-state index contributed by atoms with van der Waals surface area (Å²) in [5.41, 5.74) is 8.03. The van der Waals surface area contributed by atoms with Crippen molar-refractivity contribution in [3.63, 3.8) is 0 Å². The maximum absolute atomic E-state index is 12.3. The predicted molar refractivity (Wildman–Crippen MR) is 95.8 cm³/mol. The third-order valence-corrected chi connectivity index (χ3v) is 4.17. The van der Waals surface area contributed by atoms with E-state index in [0.29, 0.717) is 11.6 Å². The van der Waals surface area contributed by atoms with Crippen molar-refractivity contribution in [3.8, 4) is 0 Å². The van der Waals surface area contributed by atoms with Gasteiger partial charge < -0.3 is 25.1 Å². The lowest BCUT2D eigenvalue weighted by Gasteiger charge is -2.28. The smallest absolute Gasteiger partial charge is 0.277 e. The molecule has 0 saturated carbocycles. The lowest BCUT2D eigenvalue weighted by Crippen LogP contribution is -2.36. The van der Waals surface area contributed by atoms with Crippen LogP contribution in [-0.2, 0) is 4.74 Å². The molecule has 0 bridgehead atoms. The summed E-state index contributed by atoms with van der Waals surface area (Å²) in [6.07, 6.45) is 3.05. The molecule has 1 aromatic carbocycles. The van der Waals surface area contributed by atoms with Gasteiger partial charge in [-0.2, -0.15) is 0 Å². The highest BCUT2D eigenvalue weighted by molar-refractivity contribution is 6.02. The number of hydrogen-bond donors (Lipinski definition) is 2. The fourth-order valence-corrected chi connectivity index (χ4v) is 2.77. The van der Waals surface area contributed by atoms with E-state index in [9.17, 15) is 4.79 Å². The molecule has 0 spiro atoms. The van der Waals surface area contributed by atoms with Crippen LogP contribution in [0, 0.1) is 0 Å². The minimum atomic E-state index is -0.308. The lowest BCUT2D eigenvalue weighted by atomic mass is 10.2. The fraction of sp³-hybridized carbons (Fsp3) is 0.444. The highest BCUT2D eigenvalue weighted by Gasteiger charge is 2.17. The molecule has 1 unspecified atom stereocenters. The van der Waals surface area contributed by atoms with Crippen LogP contribution in [0.5, 0.6) is 0 Å². The zero-order valence-electron chi connectivity index (χ0n) is 14.4. The quantitative estimate of drug-likeness (QED) is 0.836. The minimum absolute atomic E-state index is 0.235. The van der Waals surface area contributed by atoms with Crippen molar-refractivity contribution >= 4 is 17.3 Å². The van der Waals surface area contributed by atoms with Crippen molar-refractivity contribution in [3.05, 3.63) is 42.1 Å². The summed E-state index contributed by atoms with van der Waals surface area (Å²) in [6.45, 7) is 5.29. The van der Waals surface area contributed by atoms with Crippen molar-refractivity contribution in [2.24, 2.45) is 5.73 Å². The molecule has 0 aliphatic carbocycles. The molecular weight excluding hydrogens is 320 g/mol. The molecule has 3 N–H and O–H groups in total. The molecule has 1 aromatic heterocycles. The van der Waals surface area contributed by atoms with Crippen molar-refractivity contribution in [1.82, 2.24) is 4.98 Å². The Balaban J connectivity index is 1.61.